The molecule has 1 spiro atoms. The van der Waals surface area contributed by atoms with Gasteiger partial charge in [0, 0.05) is 12.6 Å². The van der Waals surface area contributed by atoms with Crippen LogP contribution >= 0.6 is 0 Å². The Bertz CT molecular complexity index is 674. The lowest BCUT2D eigenvalue weighted by molar-refractivity contribution is -0.135. The van der Waals surface area contributed by atoms with Crippen molar-refractivity contribution < 1.29 is 23.5 Å². The number of hydrogen-bond acceptors (Lipinski definition) is 3. The van der Waals surface area contributed by atoms with Gasteiger partial charge in [-0.25, -0.2) is 13.6 Å². The van der Waals surface area contributed by atoms with Crippen molar-refractivity contribution in [3.05, 3.63) is 35.4 Å². The summed E-state index contributed by atoms with van der Waals surface area (Å²) in [6, 6.07) is 2.24. The lowest BCUT2D eigenvalue weighted by atomic mass is 9.80. The average molecular weight is 338 g/mol. The van der Waals surface area contributed by atoms with Crippen LogP contribution in [0.5, 0.6) is 0 Å². The van der Waals surface area contributed by atoms with Crippen LogP contribution in [0.4, 0.5) is 13.6 Å². The van der Waals surface area contributed by atoms with Crippen molar-refractivity contribution in [2.24, 2.45) is 0 Å². The summed E-state index contributed by atoms with van der Waals surface area (Å²) >= 11 is 0. The molecule has 0 unspecified atom stereocenters. The maximum atomic E-state index is 13.8. The summed E-state index contributed by atoms with van der Waals surface area (Å²) in [5, 5.41) is 10.2. The predicted molar refractivity (Wildman–Crippen MR) is 82.0 cm³/mol. The number of imide groups is 1. The lowest BCUT2D eigenvalue weighted by Crippen LogP contribution is -2.49. The Morgan fingerprint density at radius 1 is 1.21 bits per heavy atom. The fourth-order valence-corrected chi connectivity index (χ4v) is 3.73. The first-order chi connectivity index (χ1) is 11.4. The number of hydrogen-bond donors (Lipinski definition) is 1. The second-order valence-electron chi connectivity index (χ2n) is 6.53. The molecule has 1 saturated carbocycles. The summed E-state index contributed by atoms with van der Waals surface area (Å²) in [6.45, 7) is -0.385. The molecule has 1 atom stereocenters. The maximum absolute atomic E-state index is 13.8. The van der Waals surface area contributed by atoms with E-state index in [1.807, 2.05) is 0 Å². The van der Waals surface area contributed by atoms with Gasteiger partial charge in [0.05, 0.1) is 6.54 Å². The largest absolute Gasteiger partial charge is 0.386 e. The molecule has 0 radical (unpaired) electrons. The molecule has 1 aliphatic heterocycles. The Morgan fingerprint density at radius 3 is 2.54 bits per heavy atom. The van der Waals surface area contributed by atoms with Crippen LogP contribution in [0.1, 0.15) is 43.8 Å². The van der Waals surface area contributed by atoms with Crippen molar-refractivity contribution in [3.63, 3.8) is 0 Å². The number of benzene rings is 1. The molecular formula is C17H20F2N2O3. The zero-order valence-corrected chi connectivity index (χ0v) is 13.5. The highest BCUT2D eigenvalue weighted by Crippen LogP contribution is 2.40. The van der Waals surface area contributed by atoms with Crippen LogP contribution in [-0.4, -0.2) is 46.0 Å². The van der Waals surface area contributed by atoms with Crippen molar-refractivity contribution in [1.29, 1.82) is 0 Å². The maximum Gasteiger partial charge on any atom is 0.327 e. The molecule has 0 bridgehead atoms. The number of β-amino-alcohol motifs (C(OH)–C–C–N with tert-alkyl or cyclic N) is 1. The van der Waals surface area contributed by atoms with E-state index in [-0.39, 0.29) is 18.0 Å². The molecule has 1 saturated heterocycles. The molecule has 1 aliphatic carbocycles. The number of carbonyl (C=O) groups excluding carboxylic acids is 2. The smallest absolute Gasteiger partial charge is 0.327 e. The van der Waals surface area contributed by atoms with Crippen LogP contribution < -0.4 is 0 Å². The normalized spacial score (nSPS) is 21.7. The number of aliphatic hydroxyl groups excluding tert-OH is 1. The van der Waals surface area contributed by atoms with Gasteiger partial charge in [0.1, 0.15) is 23.3 Å². The molecule has 2 aliphatic rings. The minimum Gasteiger partial charge on any atom is -0.386 e. The number of carbonyl (C=O) groups is 2. The molecule has 1 aromatic rings. The first-order valence-corrected chi connectivity index (χ1v) is 8.09. The first-order valence-electron chi connectivity index (χ1n) is 8.09. The SMILES string of the molecule is CN1C(=O)N(C[C@@H](O)c2cc(F)ccc2F)C(=O)C12CCCCC2. The zero-order chi connectivity index (χ0) is 17.5. The van der Waals surface area contributed by atoms with Gasteiger partial charge in [-0.3, -0.25) is 9.69 Å². The number of likely N-dealkylation sites (N-methyl/N-ethyl adjacent to an activating group) is 1. The van der Waals surface area contributed by atoms with Gasteiger partial charge >= 0.3 is 6.03 Å². The van der Waals surface area contributed by atoms with Crippen LogP contribution in [-0.2, 0) is 4.79 Å². The van der Waals surface area contributed by atoms with Crippen molar-refractivity contribution in [2.45, 2.75) is 43.7 Å². The monoisotopic (exact) mass is 338 g/mol. The molecule has 130 valence electrons. The summed E-state index contributed by atoms with van der Waals surface area (Å²) in [5.41, 5.74) is -1.11. The van der Waals surface area contributed by atoms with Crippen LogP contribution in [0.3, 0.4) is 0 Å². The van der Waals surface area contributed by atoms with E-state index in [2.05, 4.69) is 0 Å². The average Bonchev–Trinajstić information content (AvgIpc) is 2.74. The Kier molecular flexibility index (Phi) is 4.29. The lowest BCUT2D eigenvalue weighted by Gasteiger charge is -2.35. The van der Waals surface area contributed by atoms with Crippen LogP contribution in [0.15, 0.2) is 18.2 Å². The van der Waals surface area contributed by atoms with E-state index in [4.69, 9.17) is 0 Å². The summed E-state index contributed by atoms with van der Waals surface area (Å²) in [5.74, 6) is -1.82. The first kappa shape index (κ1) is 16.8. The topological polar surface area (TPSA) is 60.9 Å². The number of aliphatic hydroxyl groups is 1. The zero-order valence-electron chi connectivity index (χ0n) is 13.5. The molecular weight excluding hydrogens is 318 g/mol. The third-order valence-corrected chi connectivity index (χ3v) is 5.16. The molecule has 1 N–H and O–H groups in total. The molecule has 1 aromatic carbocycles. The Balaban J connectivity index is 1.83. The second-order valence-corrected chi connectivity index (χ2v) is 6.53. The second kappa shape index (κ2) is 6.12. The summed E-state index contributed by atoms with van der Waals surface area (Å²) < 4.78 is 27.1. The van der Waals surface area contributed by atoms with Gasteiger partial charge in [-0.05, 0) is 31.0 Å². The van der Waals surface area contributed by atoms with Crippen LogP contribution in [0.25, 0.3) is 0 Å². The fourth-order valence-electron chi connectivity index (χ4n) is 3.73. The Morgan fingerprint density at radius 2 is 1.88 bits per heavy atom. The summed E-state index contributed by atoms with van der Waals surface area (Å²) in [7, 11) is 1.58. The van der Waals surface area contributed by atoms with Gasteiger partial charge in [-0.15, -0.1) is 0 Å². The quantitative estimate of drug-likeness (QED) is 0.862. The number of amides is 3. The van der Waals surface area contributed by atoms with E-state index in [1.54, 1.807) is 7.05 Å². The van der Waals surface area contributed by atoms with Gasteiger partial charge < -0.3 is 10.0 Å². The highest BCUT2D eigenvalue weighted by atomic mass is 19.1. The summed E-state index contributed by atoms with van der Waals surface area (Å²) in [4.78, 5) is 27.7. The van der Waals surface area contributed by atoms with E-state index in [1.165, 1.54) is 4.90 Å². The molecule has 2 fully saturated rings. The summed E-state index contributed by atoms with van der Waals surface area (Å²) in [6.07, 6.45) is 2.45. The molecule has 3 rings (SSSR count). The van der Waals surface area contributed by atoms with Crippen LogP contribution in [0.2, 0.25) is 0 Å². The number of nitrogens with zero attached hydrogens (tertiary/aromatic N) is 2. The highest BCUT2D eigenvalue weighted by Gasteiger charge is 2.55. The Labute approximate surface area is 138 Å². The molecule has 7 heteroatoms. The molecule has 1 heterocycles. The number of rotatable bonds is 3. The fraction of sp³-hybridized carbons (Fsp3) is 0.529. The van der Waals surface area contributed by atoms with E-state index in [0.717, 1.165) is 42.4 Å². The minimum absolute atomic E-state index is 0.261. The van der Waals surface area contributed by atoms with Crippen molar-refractivity contribution in [2.75, 3.05) is 13.6 Å². The van der Waals surface area contributed by atoms with E-state index in [0.29, 0.717) is 12.8 Å². The van der Waals surface area contributed by atoms with Gasteiger partial charge in [0.15, 0.2) is 0 Å². The van der Waals surface area contributed by atoms with Crippen molar-refractivity contribution >= 4 is 11.9 Å². The third-order valence-electron chi connectivity index (χ3n) is 5.16. The predicted octanol–water partition coefficient (Wildman–Crippen LogP) is 2.60. The Hall–Kier alpha value is -2.02. The number of urea groups is 1. The van der Waals surface area contributed by atoms with E-state index < -0.39 is 29.3 Å². The van der Waals surface area contributed by atoms with Gasteiger partial charge in [-0.2, -0.15) is 0 Å². The van der Waals surface area contributed by atoms with Crippen molar-refractivity contribution in [1.82, 2.24) is 9.80 Å². The van der Waals surface area contributed by atoms with Crippen LogP contribution in [0, 0.1) is 11.6 Å². The highest BCUT2D eigenvalue weighted by molar-refractivity contribution is 6.07. The molecule has 24 heavy (non-hydrogen) atoms. The minimum atomic E-state index is -1.47. The molecule has 5 nitrogen and oxygen atoms in total. The van der Waals surface area contributed by atoms with E-state index in [9.17, 15) is 23.5 Å². The third kappa shape index (κ3) is 2.56. The molecule has 3 amide bonds. The van der Waals surface area contributed by atoms with Crippen molar-refractivity contribution in [3.8, 4) is 0 Å². The van der Waals surface area contributed by atoms with Gasteiger partial charge in [0.2, 0.25) is 0 Å². The van der Waals surface area contributed by atoms with Gasteiger partial charge in [0.25, 0.3) is 5.91 Å². The number of halogens is 2. The van der Waals surface area contributed by atoms with E-state index >= 15 is 0 Å². The molecule has 0 aromatic heterocycles. The standard InChI is InChI=1S/C17H20F2N2O3/c1-20-16(24)21(15(23)17(20)7-3-2-4-8-17)10-14(22)12-9-11(18)5-6-13(12)19/h5-6,9,14,22H,2-4,7-8,10H2,1H3/t14-/m1/s1. The van der Waals surface area contributed by atoms with Gasteiger partial charge in [-0.1, -0.05) is 19.3 Å².